The number of rotatable bonds is 4. The van der Waals surface area contributed by atoms with Crippen LogP contribution in [0.25, 0.3) is 0 Å². The number of aliphatic hydroxyl groups is 1. The second-order valence-corrected chi connectivity index (χ2v) is 7.43. The number of aliphatic hydroxyl groups excluding tert-OH is 1. The van der Waals surface area contributed by atoms with Gasteiger partial charge in [0.2, 0.25) is 0 Å². The van der Waals surface area contributed by atoms with E-state index in [1.165, 1.54) is 42.5 Å². The molecule has 2 aromatic rings. The highest BCUT2D eigenvalue weighted by atomic mass is 32.1. The lowest BCUT2D eigenvalue weighted by molar-refractivity contribution is 0.180. The van der Waals surface area contributed by atoms with Gasteiger partial charge in [-0.25, -0.2) is 0 Å². The Balaban J connectivity index is 1.71. The minimum Gasteiger partial charge on any atom is -0.387 e. The molecule has 1 N–H and O–H groups in total. The van der Waals surface area contributed by atoms with Crippen LogP contribution in [0.3, 0.4) is 0 Å². The van der Waals surface area contributed by atoms with Crippen molar-refractivity contribution in [1.29, 1.82) is 0 Å². The van der Waals surface area contributed by atoms with Gasteiger partial charge < -0.3 is 5.11 Å². The number of hydrogen-bond acceptors (Lipinski definition) is 3. The molecule has 1 atom stereocenters. The van der Waals surface area contributed by atoms with E-state index in [0.717, 1.165) is 10.6 Å². The van der Waals surface area contributed by atoms with Crippen LogP contribution >= 0.6 is 11.3 Å². The minimum atomic E-state index is -0.419. The second-order valence-electron chi connectivity index (χ2n) is 6.26. The van der Waals surface area contributed by atoms with Gasteiger partial charge in [0.15, 0.2) is 0 Å². The predicted octanol–water partition coefficient (Wildman–Crippen LogP) is 4.07. The topological polar surface area (TPSA) is 38.0 Å². The first-order chi connectivity index (χ1) is 10.1. The lowest BCUT2D eigenvalue weighted by Crippen LogP contribution is -2.04. The van der Waals surface area contributed by atoms with Crippen LogP contribution in [-0.4, -0.2) is 14.9 Å². The summed E-state index contributed by atoms with van der Waals surface area (Å²) in [6.07, 6.45) is 8.48. The van der Waals surface area contributed by atoms with Crippen LogP contribution in [0.2, 0.25) is 0 Å². The van der Waals surface area contributed by atoms with Gasteiger partial charge in [0.25, 0.3) is 0 Å². The Kier molecular flexibility index (Phi) is 4.45. The molecule has 4 heteroatoms. The smallest absolute Gasteiger partial charge is 0.0938 e. The molecular formula is C17H24N2OS. The summed E-state index contributed by atoms with van der Waals surface area (Å²) in [5, 5.41) is 15.0. The van der Waals surface area contributed by atoms with Crippen LogP contribution in [0, 0.1) is 0 Å². The summed E-state index contributed by atoms with van der Waals surface area (Å²) in [7, 11) is 0. The molecule has 1 aliphatic carbocycles. The van der Waals surface area contributed by atoms with Crippen LogP contribution in [0.1, 0.15) is 66.3 Å². The molecule has 0 bridgehead atoms. The molecule has 21 heavy (non-hydrogen) atoms. The van der Waals surface area contributed by atoms with Crippen molar-refractivity contribution < 1.29 is 5.11 Å². The fourth-order valence-electron chi connectivity index (χ4n) is 2.93. The average Bonchev–Trinajstić information content (AvgIpc) is 3.01. The Labute approximate surface area is 130 Å². The van der Waals surface area contributed by atoms with E-state index < -0.39 is 6.10 Å². The number of nitrogens with zero attached hydrogens (tertiary/aromatic N) is 2. The Hall–Kier alpha value is -1.13. The average molecular weight is 304 g/mol. The van der Waals surface area contributed by atoms with Crippen molar-refractivity contribution in [3.8, 4) is 0 Å². The number of fused-ring (bicyclic) bond motifs is 1. The normalized spacial score (nSPS) is 16.8. The standard InChI is InChI=1S/C17H24N2OS/c1-12(2)19-9-8-14(18-19)11-15(20)17-10-13-6-4-3-5-7-16(13)21-17/h8-10,12,15,20H,3-7,11H2,1-2H3. The maximum atomic E-state index is 10.5. The van der Waals surface area contributed by atoms with Gasteiger partial charge in [-0.15, -0.1) is 11.3 Å². The van der Waals surface area contributed by atoms with E-state index in [1.54, 1.807) is 11.3 Å². The fraction of sp³-hybridized carbons (Fsp3) is 0.588. The summed E-state index contributed by atoms with van der Waals surface area (Å²) in [5.41, 5.74) is 2.44. The predicted molar refractivity (Wildman–Crippen MR) is 86.9 cm³/mol. The van der Waals surface area contributed by atoms with Gasteiger partial charge in [0.05, 0.1) is 11.8 Å². The van der Waals surface area contributed by atoms with E-state index in [0.29, 0.717) is 12.5 Å². The molecule has 1 unspecified atom stereocenters. The first kappa shape index (κ1) is 14.8. The Morgan fingerprint density at radius 1 is 1.29 bits per heavy atom. The van der Waals surface area contributed by atoms with Crippen LogP contribution in [-0.2, 0) is 19.3 Å². The van der Waals surface area contributed by atoms with Crippen molar-refractivity contribution in [3.63, 3.8) is 0 Å². The van der Waals surface area contributed by atoms with Crippen LogP contribution in [0.15, 0.2) is 18.3 Å². The van der Waals surface area contributed by atoms with E-state index in [4.69, 9.17) is 0 Å². The third-order valence-corrected chi connectivity index (χ3v) is 5.53. The minimum absolute atomic E-state index is 0.369. The molecule has 0 spiro atoms. The number of aromatic nitrogens is 2. The zero-order valence-electron chi connectivity index (χ0n) is 12.9. The summed E-state index contributed by atoms with van der Waals surface area (Å²) >= 11 is 1.80. The van der Waals surface area contributed by atoms with Gasteiger partial charge in [0, 0.05) is 28.4 Å². The molecule has 0 saturated carbocycles. The van der Waals surface area contributed by atoms with Crippen LogP contribution < -0.4 is 0 Å². The summed E-state index contributed by atoms with van der Waals surface area (Å²) in [5.74, 6) is 0. The SMILES string of the molecule is CC(C)n1ccc(CC(O)c2cc3c(s2)CCCCC3)n1. The molecule has 0 radical (unpaired) electrons. The van der Waals surface area contributed by atoms with Gasteiger partial charge in [-0.05, 0) is 57.2 Å². The lowest BCUT2D eigenvalue weighted by Gasteiger charge is -2.07. The number of aryl methyl sites for hydroxylation is 2. The third-order valence-electron chi connectivity index (χ3n) is 4.19. The summed E-state index contributed by atoms with van der Waals surface area (Å²) in [6, 6.07) is 4.62. The van der Waals surface area contributed by atoms with E-state index in [2.05, 4.69) is 25.0 Å². The van der Waals surface area contributed by atoms with Crippen LogP contribution in [0.4, 0.5) is 0 Å². The lowest BCUT2D eigenvalue weighted by atomic mass is 10.1. The van der Waals surface area contributed by atoms with Crippen molar-refractivity contribution in [1.82, 2.24) is 9.78 Å². The first-order valence-corrected chi connectivity index (χ1v) is 8.78. The number of thiophene rings is 1. The van der Waals surface area contributed by atoms with Gasteiger partial charge >= 0.3 is 0 Å². The highest BCUT2D eigenvalue weighted by molar-refractivity contribution is 7.12. The van der Waals surface area contributed by atoms with Crippen molar-refractivity contribution in [3.05, 3.63) is 39.3 Å². The Morgan fingerprint density at radius 2 is 2.10 bits per heavy atom. The zero-order chi connectivity index (χ0) is 14.8. The molecule has 3 nitrogen and oxygen atoms in total. The highest BCUT2D eigenvalue weighted by Gasteiger charge is 2.18. The Morgan fingerprint density at radius 3 is 2.86 bits per heavy atom. The first-order valence-electron chi connectivity index (χ1n) is 7.97. The van der Waals surface area contributed by atoms with Crippen molar-refractivity contribution >= 4 is 11.3 Å². The molecule has 2 heterocycles. The molecule has 0 fully saturated rings. The molecule has 114 valence electrons. The van der Waals surface area contributed by atoms with Gasteiger partial charge in [-0.1, -0.05) is 6.42 Å². The largest absolute Gasteiger partial charge is 0.387 e. The van der Waals surface area contributed by atoms with E-state index in [9.17, 15) is 5.11 Å². The highest BCUT2D eigenvalue weighted by Crippen LogP contribution is 2.33. The second kappa shape index (κ2) is 6.32. The Bertz CT molecular complexity index is 576. The molecule has 3 rings (SSSR count). The van der Waals surface area contributed by atoms with Gasteiger partial charge in [-0.2, -0.15) is 5.10 Å². The molecule has 0 saturated heterocycles. The maximum absolute atomic E-state index is 10.5. The fourth-order valence-corrected chi connectivity index (χ4v) is 4.17. The molecule has 2 aromatic heterocycles. The van der Waals surface area contributed by atoms with Crippen molar-refractivity contribution in [2.24, 2.45) is 0 Å². The van der Waals surface area contributed by atoms with E-state index in [-0.39, 0.29) is 0 Å². The number of hydrogen-bond donors (Lipinski definition) is 1. The molecule has 1 aliphatic rings. The molecular weight excluding hydrogens is 280 g/mol. The summed E-state index contributed by atoms with van der Waals surface area (Å²) in [6.45, 7) is 4.23. The van der Waals surface area contributed by atoms with Gasteiger partial charge in [-0.3, -0.25) is 4.68 Å². The zero-order valence-corrected chi connectivity index (χ0v) is 13.7. The maximum Gasteiger partial charge on any atom is 0.0938 e. The summed E-state index contributed by atoms with van der Waals surface area (Å²) in [4.78, 5) is 2.61. The molecule has 0 amide bonds. The molecule has 0 aliphatic heterocycles. The quantitative estimate of drug-likeness (QED) is 0.865. The summed E-state index contributed by atoms with van der Waals surface area (Å²) < 4.78 is 1.95. The van der Waals surface area contributed by atoms with Crippen molar-refractivity contribution in [2.75, 3.05) is 0 Å². The van der Waals surface area contributed by atoms with Crippen LogP contribution in [0.5, 0.6) is 0 Å². The third kappa shape index (κ3) is 3.38. The van der Waals surface area contributed by atoms with Gasteiger partial charge in [0.1, 0.15) is 0 Å². The van der Waals surface area contributed by atoms with E-state index in [1.807, 2.05) is 16.9 Å². The van der Waals surface area contributed by atoms with Crippen molar-refractivity contribution in [2.45, 2.75) is 64.5 Å². The van der Waals surface area contributed by atoms with E-state index >= 15 is 0 Å². The molecule has 0 aromatic carbocycles. The monoisotopic (exact) mass is 304 g/mol.